The van der Waals surface area contributed by atoms with Crippen molar-refractivity contribution in [3.05, 3.63) is 71.5 Å². The number of hydrogen-bond donors (Lipinski definition) is 2. The number of benzene rings is 2. The molecule has 2 rings (SSSR count). The van der Waals surface area contributed by atoms with E-state index >= 15 is 0 Å². The van der Waals surface area contributed by atoms with Crippen LogP contribution >= 0.6 is 0 Å². The first-order valence-electron chi connectivity index (χ1n) is 7.37. The van der Waals surface area contributed by atoms with Gasteiger partial charge >= 0.3 is 5.97 Å². The van der Waals surface area contributed by atoms with Crippen molar-refractivity contribution in [2.24, 2.45) is 0 Å². The highest BCUT2D eigenvalue weighted by molar-refractivity contribution is 5.67. The molecule has 0 unspecified atom stereocenters. The zero-order valence-corrected chi connectivity index (χ0v) is 12.3. The normalized spacial score (nSPS) is 12.0. The summed E-state index contributed by atoms with van der Waals surface area (Å²) in [5, 5.41) is 12.3. The largest absolute Gasteiger partial charge is 0.481 e. The van der Waals surface area contributed by atoms with E-state index in [-0.39, 0.29) is 18.3 Å². The van der Waals surface area contributed by atoms with E-state index in [1.165, 1.54) is 6.07 Å². The number of aryl methyl sites for hydroxylation is 1. The second-order valence-electron chi connectivity index (χ2n) is 5.29. The number of carboxylic acids is 1. The van der Waals surface area contributed by atoms with E-state index in [0.29, 0.717) is 24.9 Å². The molecule has 0 amide bonds. The van der Waals surface area contributed by atoms with Crippen molar-refractivity contribution in [1.82, 2.24) is 5.32 Å². The Bertz CT molecular complexity index is 601. The van der Waals surface area contributed by atoms with Crippen molar-refractivity contribution in [2.75, 3.05) is 0 Å². The Labute approximate surface area is 129 Å². The van der Waals surface area contributed by atoms with Crippen molar-refractivity contribution < 1.29 is 14.3 Å². The molecule has 0 fully saturated rings. The van der Waals surface area contributed by atoms with Gasteiger partial charge in [-0.3, -0.25) is 4.79 Å². The third-order valence-electron chi connectivity index (χ3n) is 3.58. The molecule has 0 radical (unpaired) electrons. The molecule has 0 aliphatic rings. The molecule has 0 spiro atoms. The lowest BCUT2D eigenvalue weighted by atomic mass is 10.0. The number of nitrogens with one attached hydrogen (secondary N) is 1. The molecular weight excluding hydrogens is 281 g/mol. The number of carbonyl (C=O) groups is 1. The molecule has 0 saturated carbocycles. The maximum Gasteiger partial charge on any atom is 0.304 e. The van der Waals surface area contributed by atoms with Gasteiger partial charge in [0.15, 0.2) is 0 Å². The van der Waals surface area contributed by atoms with Crippen LogP contribution in [0.15, 0.2) is 54.6 Å². The monoisotopic (exact) mass is 301 g/mol. The number of halogens is 1. The fraction of sp³-hybridized carbons (Fsp3) is 0.278. The minimum absolute atomic E-state index is 0.0291. The van der Waals surface area contributed by atoms with Gasteiger partial charge in [0.25, 0.3) is 0 Å². The molecule has 0 aliphatic heterocycles. The number of rotatable bonds is 8. The van der Waals surface area contributed by atoms with Gasteiger partial charge in [-0.1, -0.05) is 48.5 Å². The van der Waals surface area contributed by atoms with E-state index in [1.54, 1.807) is 18.2 Å². The molecule has 4 heteroatoms. The standard InChI is InChI=1S/C18H20FNO2/c19-17-9-5-4-8-15(17)10-11-16(12-18(21)22)20-13-14-6-2-1-3-7-14/h1-9,16,20H,10-13H2,(H,21,22)/t16-/m1/s1. The molecule has 2 aromatic carbocycles. The summed E-state index contributed by atoms with van der Waals surface area (Å²) < 4.78 is 13.6. The average Bonchev–Trinajstić information content (AvgIpc) is 2.52. The van der Waals surface area contributed by atoms with E-state index in [1.807, 2.05) is 30.3 Å². The molecule has 116 valence electrons. The quantitative estimate of drug-likeness (QED) is 0.786. The Morgan fingerprint density at radius 1 is 1.09 bits per heavy atom. The predicted octanol–water partition coefficient (Wildman–Crippen LogP) is 3.39. The van der Waals surface area contributed by atoms with Crippen molar-refractivity contribution >= 4 is 5.97 Å². The summed E-state index contributed by atoms with van der Waals surface area (Å²) in [6.45, 7) is 0.607. The van der Waals surface area contributed by atoms with Gasteiger partial charge < -0.3 is 10.4 Å². The topological polar surface area (TPSA) is 49.3 Å². The van der Waals surface area contributed by atoms with Crippen LogP contribution in [0, 0.1) is 5.82 Å². The molecule has 0 bridgehead atoms. The zero-order valence-electron chi connectivity index (χ0n) is 12.3. The highest BCUT2D eigenvalue weighted by Gasteiger charge is 2.14. The SMILES string of the molecule is O=C(O)C[C@@H](CCc1ccccc1F)NCc1ccccc1. The lowest BCUT2D eigenvalue weighted by Crippen LogP contribution is -2.31. The van der Waals surface area contributed by atoms with Crippen LogP contribution in [0.25, 0.3) is 0 Å². The Morgan fingerprint density at radius 3 is 2.45 bits per heavy atom. The summed E-state index contributed by atoms with van der Waals surface area (Å²) in [5.74, 6) is -1.08. The first-order chi connectivity index (χ1) is 10.6. The zero-order chi connectivity index (χ0) is 15.8. The maximum atomic E-state index is 13.6. The Balaban J connectivity index is 1.91. The highest BCUT2D eigenvalue weighted by Crippen LogP contribution is 2.12. The fourth-order valence-corrected chi connectivity index (χ4v) is 2.38. The van der Waals surface area contributed by atoms with Crippen molar-refractivity contribution in [1.29, 1.82) is 0 Å². The van der Waals surface area contributed by atoms with Gasteiger partial charge in [-0.25, -0.2) is 4.39 Å². The first kappa shape index (κ1) is 16.2. The van der Waals surface area contributed by atoms with Crippen LogP contribution in [0.1, 0.15) is 24.0 Å². The third-order valence-corrected chi connectivity index (χ3v) is 3.58. The summed E-state index contributed by atoms with van der Waals surface area (Å²) in [5.41, 5.74) is 1.73. The van der Waals surface area contributed by atoms with Gasteiger partial charge in [-0.05, 0) is 30.0 Å². The van der Waals surface area contributed by atoms with Gasteiger partial charge in [-0.2, -0.15) is 0 Å². The van der Waals surface area contributed by atoms with Crippen LogP contribution in [-0.4, -0.2) is 17.1 Å². The Morgan fingerprint density at radius 2 is 1.77 bits per heavy atom. The van der Waals surface area contributed by atoms with Crippen LogP contribution in [-0.2, 0) is 17.8 Å². The first-order valence-corrected chi connectivity index (χ1v) is 7.37. The Kier molecular flexibility index (Phi) is 6.10. The predicted molar refractivity (Wildman–Crippen MR) is 84.0 cm³/mol. The number of carboxylic acid groups (broad SMARTS) is 1. The third kappa shape index (κ3) is 5.30. The Hall–Kier alpha value is -2.20. The van der Waals surface area contributed by atoms with E-state index in [0.717, 1.165) is 5.56 Å². The molecule has 1 atom stereocenters. The summed E-state index contributed by atoms with van der Waals surface area (Å²) in [6, 6.07) is 16.2. The summed E-state index contributed by atoms with van der Waals surface area (Å²) >= 11 is 0. The van der Waals surface area contributed by atoms with Crippen LogP contribution in [0.2, 0.25) is 0 Å². The lowest BCUT2D eigenvalue weighted by molar-refractivity contribution is -0.137. The fourth-order valence-electron chi connectivity index (χ4n) is 2.38. The maximum absolute atomic E-state index is 13.6. The minimum Gasteiger partial charge on any atom is -0.481 e. The lowest BCUT2D eigenvalue weighted by Gasteiger charge is -2.17. The van der Waals surface area contributed by atoms with Crippen molar-refractivity contribution in [3.8, 4) is 0 Å². The highest BCUT2D eigenvalue weighted by atomic mass is 19.1. The summed E-state index contributed by atoms with van der Waals surface area (Å²) in [4.78, 5) is 11.0. The van der Waals surface area contributed by atoms with Crippen LogP contribution in [0.5, 0.6) is 0 Å². The van der Waals surface area contributed by atoms with Gasteiger partial charge in [0.05, 0.1) is 6.42 Å². The van der Waals surface area contributed by atoms with Gasteiger partial charge in [-0.15, -0.1) is 0 Å². The molecule has 22 heavy (non-hydrogen) atoms. The summed E-state index contributed by atoms with van der Waals surface area (Å²) in [6.07, 6.45) is 1.13. The van der Waals surface area contributed by atoms with Crippen LogP contribution in [0.3, 0.4) is 0 Å². The second-order valence-corrected chi connectivity index (χ2v) is 5.29. The smallest absolute Gasteiger partial charge is 0.304 e. The van der Waals surface area contributed by atoms with Crippen molar-refractivity contribution in [2.45, 2.75) is 31.8 Å². The van der Waals surface area contributed by atoms with Gasteiger partial charge in [0.1, 0.15) is 5.82 Å². The molecule has 2 aromatic rings. The van der Waals surface area contributed by atoms with E-state index in [9.17, 15) is 9.18 Å². The molecular formula is C18H20FNO2. The van der Waals surface area contributed by atoms with Gasteiger partial charge in [0.2, 0.25) is 0 Å². The van der Waals surface area contributed by atoms with Crippen molar-refractivity contribution in [3.63, 3.8) is 0 Å². The second kappa shape index (κ2) is 8.29. The molecule has 0 heterocycles. The van der Waals surface area contributed by atoms with Gasteiger partial charge in [0, 0.05) is 12.6 Å². The van der Waals surface area contributed by atoms with E-state index < -0.39 is 5.97 Å². The minimum atomic E-state index is -0.848. The van der Waals surface area contributed by atoms with E-state index in [4.69, 9.17) is 5.11 Å². The van der Waals surface area contributed by atoms with E-state index in [2.05, 4.69) is 5.32 Å². The molecule has 0 aromatic heterocycles. The molecule has 0 saturated heterocycles. The van der Waals surface area contributed by atoms with Crippen LogP contribution < -0.4 is 5.32 Å². The molecule has 2 N–H and O–H groups in total. The molecule has 3 nitrogen and oxygen atoms in total. The number of aliphatic carboxylic acids is 1. The summed E-state index contributed by atoms with van der Waals surface area (Å²) in [7, 11) is 0. The number of hydrogen-bond acceptors (Lipinski definition) is 2. The molecule has 0 aliphatic carbocycles. The van der Waals surface area contributed by atoms with Crippen LogP contribution in [0.4, 0.5) is 4.39 Å². The average molecular weight is 301 g/mol.